The summed E-state index contributed by atoms with van der Waals surface area (Å²) in [5.41, 5.74) is 4.23. The lowest BCUT2D eigenvalue weighted by atomic mass is 9.95. The third-order valence-corrected chi connectivity index (χ3v) is 5.57. The first-order valence-electron chi connectivity index (χ1n) is 7.33. The highest BCUT2D eigenvalue weighted by Gasteiger charge is 2.23. The number of fused-ring (bicyclic) bond motifs is 6. The van der Waals surface area contributed by atoms with Gasteiger partial charge in [-0.1, -0.05) is 18.2 Å². The number of aromatic nitrogens is 1. The van der Waals surface area contributed by atoms with Crippen LogP contribution in [0.2, 0.25) is 0 Å². The monoisotopic (exact) mass is 288 g/mol. The minimum Gasteiger partial charge on any atom is -0.198 e. The van der Waals surface area contributed by atoms with Crippen molar-refractivity contribution in [3.05, 3.63) is 66.4 Å². The molecular weight excluding hydrogens is 274 g/mol. The third kappa shape index (κ3) is 1.60. The van der Waals surface area contributed by atoms with E-state index in [9.17, 15) is 0 Å². The molecule has 1 nitrogen and oxygen atoms in total. The highest BCUT2D eigenvalue weighted by atomic mass is 32.1. The molecule has 1 aliphatic rings. The number of thiophene rings is 1. The minimum absolute atomic E-state index is 1.08. The molecule has 5 rings (SSSR count). The molecule has 0 aliphatic carbocycles. The zero-order valence-electron chi connectivity index (χ0n) is 11.5. The average molecular weight is 288 g/mol. The smallest absolute Gasteiger partial charge is 0.198 e. The van der Waals surface area contributed by atoms with E-state index in [2.05, 4.69) is 65.4 Å². The molecule has 4 aromatic rings. The number of nitrogens with zero attached hydrogens (tertiary/aromatic N) is 1. The van der Waals surface area contributed by atoms with Gasteiger partial charge in [-0.05, 0) is 29.8 Å². The van der Waals surface area contributed by atoms with E-state index >= 15 is 0 Å². The van der Waals surface area contributed by atoms with Gasteiger partial charge in [-0.3, -0.25) is 0 Å². The van der Waals surface area contributed by atoms with Crippen LogP contribution in [0, 0.1) is 0 Å². The predicted molar refractivity (Wildman–Crippen MR) is 88.7 cm³/mol. The van der Waals surface area contributed by atoms with Gasteiger partial charge in [0.2, 0.25) is 5.69 Å². The second kappa shape index (κ2) is 4.15. The summed E-state index contributed by atoms with van der Waals surface area (Å²) in [4.78, 5) is 0. The maximum absolute atomic E-state index is 2.41. The molecular formula is C19H14NS+. The standard InChI is InChI=1S/C19H14NS/c1-2-7-18-14(5-1)16-12-15-13(11-19(16)21-18)8-10-20-9-4-3-6-17(15)20/h1-7,9,11-12H,8,10H2/q+1. The lowest BCUT2D eigenvalue weighted by Crippen LogP contribution is -2.39. The molecule has 2 aromatic heterocycles. The van der Waals surface area contributed by atoms with Crippen molar-refractivity contribution < 1.29 is 4.57 Å². The molecule has 3 heterocycles. The summed E-state index contributed by atoms with van der Waals surface area (Å²) in [5, 5.41) is 2.78. The lowest BCUT2D eigenvalue weighted by molar-refractivity contribution is -0.687. The highest BCUT2D eigenvalue weighted by molar-refractivity contribution is 7.25. The first-order chi connectivity index (χ1) is 10.4. The Labute approximate surface area is 127 Å². The van der Waals surface area contributed by atoms with Crippen LogP contribution in [0.15, 0.2) is 60.8 Å². The molecule has 0 saturated heterocycles. The van der Waals surface area contributed by atoms with Crippen molar-refractivity contribution in [3.63, 3.8) is 0 Å². The van der Waals surface area contributed by atoms with Gasteiger partial charge in [0.15, 0.2) is 12.7 Å². The Balaban J connectivity index is 1.90. The topological polar surface area (TPSA) is 3.88 Å². The van der Waals surface area contributed by atoms with Crippen LogP contribution in [0.3, 0.4) is 0 Å². The zero-order valence-corrected chi connectivity index (χ0v) is 12.4. The maximum atomic E-state index is 2.41. The summed E-state index contributed by atoms with van der Waals surface area (Å²) in [6, 6.07) is 20.0. The normalized spacial score (nSPS) is 13.3. The Kier molecular flexibility index (Phi) is 2.27. The van der Waals surface area contributed by atoms with Crippen molar-refractivity contribution in [1.29, 1.82) is 0 Å². The Morgan fingerprint density at radius 1 is 0.857 bits per heavy atom. The van der Waals surface area contributed by atoms with Crippen LogP contribution in [0.4, 0.5) is 0 Å². The summed E-state index contributed by atoms with van der Waals surface area (Å²) in [6.45, 7) is 1.08. The number of hydrogen-bond acceptors (Lipinski definition) is 1. The number of pyridine rings is 1. The van der Waals surface area contributed by atoms with Gasteiger partial charge in [0, 0.05) is 38.7 Å². The van der Waals surface area contributed by atoms with E-state index in [-0.39, 0.29) is 0 Å². The first-order valence-corrected chi connectivity index (χ1v) is 8.15. The van der Waals surface area contributed by atoms with Crippen molar-refractivity contribution in [2.45, 2.75) is 13.0 Å². The molecule has 0 fully saturated rings. The summed E-state index contributed by atoms with van der Waals surface area (Å²) >= 11 is 1.91. The van der Waals surface area contributed by atoms with E-state index in [0.29, 0.717) is 0 Å². The second-order valence-corrected chi connectivity index (χ2v) is 6.72. The van der Waals surface area contributed by atoms with Crippen LogP contribution in [0.1, 0.15) is 5.56 Å². The number of benzene rings is 2. The van der Waals surface area contributed by atoms with Gasteiger partial charge < -0.3 is 0 Å². The molecule has 0 saturated carbocycles. The molecule has 0 amide bonds. The van der Waals surface area contributed by atoms with Gasteiger partial charge in [0.1, 0.15) is 0 Å². The molecule has 0 N–H and O–H groups in total. The summed E-state index contributed by atoms with van der Waals surface area (Å²) < 4.78 is 5.16. The van der Waals surface area contributed by atoms with E-state index < -0.39 is 0 Å². The molecule has 2 aromatic carbocycles. The van der Waals surface area contributed by atoms with Crippen LogP contribution >= 0.6 is 11.3 Å². The molecule has 0 radical (unpaired) electrons. The fraction of sp³-hybridized carbons (Fsp3) is 0.105. The lowest BCUT2D eigenvalue weighted by Gasteiger charge is -2.14. The van der Waals surface area contributed by atoms with Crippen molar-refractivity contribution in [2.24, 2.45) is 0 Å². The van der Waals surface area contributed by atoms with Gasteiger partial charge in [-0.2, -0.15) is 4.57 Å². The van der Waals surface area contributed by atoms with Crippen molar-refractivity contribution >= 4 is 31.5 Å². The second-order valence-electron chi connectivity index (χ2n) is 5.63. The van der Waals surface area contributed by atoms with Crippen molar-refractivity contribution in [1.82, 2.24) is 0 Å². The van der Waals surface area contributed by atoms with Gasteiger partial charge in [-0.15, -0.1) is 11.3 Å². The SMILES string of the molecule is c1cc[n+]2c(c1)-c1cc3c(cc1CC2)sc1ccccc13. The first kappa shape index (κ1) is 11.5. The molecule has 0 unspecified atom stereocenters. The summed E-state index contributed by atoms with van der Waals surface area (Å²) in [5.74, 6) is 0. The fourth-order valence-corrected chi connectivity index (χ4v) is 4.57. The molecule has 100 valence electrons. The molecule has 2 heteroatoms. The van der Waals surface area contributed by atoms with Gasteiger partial charge in [0.05, 0.1) is 5.56 Å². The van der Waals surface area contributed by atoms with Gasteiger partial charge in [0.25, 0.3) is 0 Å². The largest absolute Gasteiger partial charge is 0.212 e. The van der Waals surface area contributed by atoms with Crippen LogP contribution < -0.4 is 4.57 Å². The Hall–Kier alpha value is -2.19. The Bertz CT molecular complexity index is 997. The van der Waals surface area contributed by atoms with E-state index in [4.69, 9.17) is 0 Å². The van der Waals surface area contributed by atoms with Crippen LogP contribution in [0.25, 0.3) is 31.4 Å². The van der Waals surface area contributed by atoms with Crippen LogP contribution in [-0.2, 0) is 13.0 Å². The zero-order chi connectivity index (χ0) is 13.8. The molecule has 0 spiro atoms. The minimum atomic E-state index is 1.08. The van der Waals surface area contributed by atoms with Crippen LogP contribution in [-0.4, -0.2) is 0 Å². The summed E-state index contributed by atoms with van der Waals surface area (Å²) in [6.07, 6.45) is 3.31. The quantitative estimate of drug-likeness (QED) is 0.417. The molecule has 0 atom stereocenters. The van der Waals surface area contributed by atoms with E-state index in [1.165, 1.54) is 37.0 Å². The molecule has 1 aliphatic heterocycles. The third-order valence-electron chi connectivity index (χ3n) is 4.44. The molecule has 0 bridgehead atoms. The van der Waals surface area contributed by atoms with Gasteiger partial charge >= 0.3 is 0 Å². The number of hydrogen-bond donors (Lipinski definition) is 0. The van der Waals surface area contributed by atoms with E-state index in [1.54, 1.807) is 0 Å². The van der Waals surface area contributed by atoms with Crippen molar-refractivity contribution in [2.75, 3.05) is 0 Å². The maximum Gasteiger partial charge on any atom is 0.212 e. The highest BCUT2D eigenvalue weighted by Crippen LogP contribution is 2.38. The fourth-order valence-electron chi connectivity index (χ4n) is 3.42. The predicted octanol–water partition coefficient (Wildman–Crippen LogP) is 4.57. The van der Waals surface area contributed by atoms with E-state index in [1.807, 2.05) is 11.3 Å². The number of rotatable bonds is 0. The van der Waals surface area contributed by atoms with Crippen molar-refractivity contribution in [3.8, 4) is 11.3 Å². The Morgan fingerprint density at radius 3 is 2.76 bits per heavy atom. The average Bonchev–Trinajstić information content (AvgIpc) is 2.90. The Morgan fingerprint density at radius 2 is 1.76 bits per heavy atom. The molecule has 21 heavy (non-hydrogen) atoms. The van der Waals surface area contributed by atoms with Gasteiger partial charge in [-0.25, -0.2) is 0 Å². The summed E-state index contributed by atoms with van der Waals surface area (Å²) in [7, 11) is 0. The van der Waals surface area contributed by atoms with E-state index in [0.717, 1.165) is 13.0 Å². The number of aryl methyl sites for hydroxylation is 2. The van der Waals surface area contributed by atoms with Crippen LogP contribution in [0.5, 0.6) is 0 Å².